The fourth-order valence-corrected chi connectivity index (χ4v) is 9.07. The predicted molar refractivity (Wildman–Crippen MR) is 223 cm³/mol. The van der Waals surface area contributed by atoms with Crippen molar-refractivity contribution in [1.82, 2.24) is 28.9 Å². The van der Waals surface area contributed by atoms with Crippen molar-refractivity contribution in [3.63, 3.8) is 0 Å². The van der Waals surface area contributed by atoms with Crippen molar-refractivity contribution in [2.45, 2.75) is 103 Å². The van der Waals surface area contributed by atoms with Crippen molar-refractivity contribution >= 4 is 46.3 Å². The summed E-state index contributed by atoms with van der Waals surface area (Å²) in [5, 5.41) is 6.35. The zero-order valence-corrected chi connectivity index (χ0v) is 33.8. The lowest BCUT2D eigenvalue weighted by Crippen LogP contribution is -2.53. The minimum Gasteiger partial charge on any atom is -0.497 e. The van der Waals surface area contributed by atoms with E-state index < -0.39 is 0 Å². The first-order valence-electron chi connectivity index (χ1n) is 19.5. The Hall–Kier alpha value is -4.46. The van der Waals surface area contributed by atoms with Gasteiger partial charge in [0, 0.05) is 59.0 Å². The van der Waals surface area contributed by atoms with Crippen molar-refractivity contribution in [3.8, 4) is 29.9 Å². The highest BCUT2D eigenvalue weighted by molar-refractivity contribution is 7.98. The molecule has 0 spiro atoms. The van der Waals surface area contributed by atoms with Crippen LogP contribution >= 0.6 is 11.9 Å². The van der Waals surface area contributed by atoms with Crippen LogP contribution in [0.4, 0.5) is 0 Å². The second-order valence-corrected chi connectivity index (χ2v) is 16.7. The molecule has 7 rings (SSSR count). The van der Waals surface area contributed by atoms with Crippen LogP contribution in [-0.2, 0) is 6.54 Å². The average molecular weight is 749 g/mol. The van der Waals surface area contributed by atoms with Crippen molar-refractivity contribution in [3.05, 3.63) is 70.5 Å². The van der Waals surface area contributed by atoms with Gasteiger partial charge in [-0.2, -0.15) is 5.10 Å². The predicted octanol–water partition coefficient (Wildman–Crippen LogP) is 8.90. The lowest BCUT2D eigenvalue weighted by molar-refractivity contribution is 0.0528. The summed E-state index contributed by atoms with van der Waals surface area (Å²) in [4.78, 5) is 32.4. The standard InChI is InChI=1S/C42H54N6O3S.C2H2/c1-8-45-18-19-46(24-28(45)6)42(50)36-23-43-48(26(2)3)39(36)32-20-31-21-33(51-7)15-17-34(31)40-38(29-12-10-9-11-13-29)35-16-14-30(22-37(35)47(40)25-32)41(49)44-52-27(4)5;1-2/h14-17,20-23,26-29H,8-13,18-19,24-25H2,1-7H3,(H,44,49);1-2H. The number of likely N-dealkylation sites (N-methyl/N-ethyl adjacent to an activating group) is 1. The summed E-state index contributed by atoms with van der Waals surface area (Å²) in [6.45, 7) is 16.5. The van der Waals surface area contributed by atoms with Gasteiger partial charge in [0.15, 0.2) is 0 Å². The van der Waals surface area contributed by atoms with Gasteiger partial charge < -0.3 is 14.2 Å². The maximum Gasteiger partial charge on any atom is 0.261 e. The summed E-state index contributed by atoms with van der Waals surface area (Å²) in [6.07, 6.45) is 18.0. The van der Waals surface area contributed by atoms with Crippen molar-refractivity contribution in [1.29, 1.82) is 0 Å². The van der Waals surface area contributed by atoms with Gasteiger partial charge in [-0.05, 0) is 111 Å². The molecule has 1 atom stereocenters. The number of hydrogen-bond donors (Lipinski definition) is 1. The van der Waals surface area contributed by atoms with Gasteiger partial charge in [-0.25, -0.2) is 0 Å². The maximum atomic E-state index is 14.5. The summed E-state index contributed by atoms with van der Waals surface area (Å²) < 4.78 is 13.3. The van der Waals surface area contributed by atoms with Gasteiger partial charge >= 0.3 is 0 Å². The summed E-state index contributed by atoms with van der Waals surface area (Å²) in [6, 6.07) is 12.9. The molecule has 10 heteroatoms. The second-order valence-electron chi connectivity index (χ2n) is 15.3. The van der Waals surface area contributed by atoms with Gasteiger partial charge in [0.05, 0.1) is 36.8 Å². The van der Waals surface area contributed by atoms with Crippen LogP contribution in [-0.4, -0.2) is 80.5 Å². The number of piperazine rings is 1. The third-order valence-corrected chi connectivity index (χ3v) is 12.0. The number of terminal acetylenes is 1. The monoisotopic (exact) mass is 748 g/mol. The molecule has 286 valence electrons. The van der Waals surface area contributed by atoms with Gasteiger partial charge in [0.25, 0.3) is 11.8 Å². The number of rotatable bonds is 9. The van der Waals surface area contributed by atoms with E-state index in [4.69, 9.17) is 9.84 Å². The smallest absolute Gasteiger partial charge is 0.261 e. The quantitative estimate of drug-likeness (QED) is 0.136. The summed E-state index contributed by atoms with van der Waals surface area (Å²) in [5.41, 5.74) is 8.96. The molecule has 2 fully saturated rings. The Labute approximate surface area is 325 Å². The molecule has 54 heavy (non-hydrogen) atoms. The number of ether oxygens (including phenoxy) is 1. The number of nitrogens with zero attached hydrogens (tertiary/aromatic N) is 5. The molecule has 1 aliphatic carbocycles. The Kier molecular flexibility index (Phi) is 12.3. The van der Waals surface area contributed by atoms with E-state index in [1.165, 1.54) is 47.9 Å². The van der Waals surface area contributed by atoms with Crippen LogP contribution in [0.15, 0.2) is 42.6 Å². The highest BCUT2D eigenvalue weighted by Crippen LogP contribution is 2.48. The molecular weight excluding hydrogens is 693 g/mol. The summed E-state index contributed by atoms with van der Waals surface area (Å²) >= 11 is 1.44. The first-order chi connectivity index (χ1) is 26.1. The zero-order valence-electron chi connectivity index (χ0n) is 33.0. The van der Waals surface area contributed by atoms with Gasteiger partial charge in [-0.3, -0.25) is 23.9 Å². The second kappa shape index (κ2) is 16.9. The van der Waals surface area contributed by atoms with Crippen LogP contribution < -0.4 is 9.46 Å². The van der Waals surface area contributed by atoms with E-state index in [2.05, 4.69) is 105 Å². The molecule has 4 aromatic rings. The minimum absolute atomic E-state index is 0.0302. The fraction of sp³-hybridized carbons (Fsp3) is 0.477. The molecule has 1 unspecified atom stereocenters. The van der Waals surface area contributed by atoms with Crippen molar-refractivity contribution in [2.75, 3.05) is 33.3 Å². The molecule has 1 N–H and O–H groups in total. The van der Waals surface area contributed by atoms with Gasteiger partial charge in [-0.15, -0.1) is 12.8 Å². The number of hydrogen-bond acceptors (Lipinski definition) is 6. The molecule has 0 bridgehead atoms. The van der Waals surface area contributed by atoms with Crippen LogP contribution in [0.2, 0.25) is 0 Å². The Bertz CT molecular complexity index is 2050. The van der Waals surface area contributed by atoms with Crippen molar-refractivity contribution in [2.24, 2.45) is 0 Å². The molecular formula is C44H56N6O3S. The number of carbonyl (C=O) groups is 2. The molecule has 2 amide bonds. The van der Waals surface area contributed by atoms with Gasteiger partial charge in [-0.1, -0.05) is 46.1 Å². The van der Waals surface area contributed by atoms with Gasteiger partial charge in [0.2, 0.25) is 0 Å². The topological polar surface area (TPSA) is 84.6 Å². The average Bonchev–Trinajstić information content (AvgIpc) is 3.72. The largest absolute Gasteiger partial charge is 0.497 e. The van der Waals surface area contributed by atoms with Crippen LogP contribution in [0.5, 0.6) is 5.75 Å². The summed E-state index contributed by atoms with van der Waals surface area (Å²) in [7, 11) is 1.71. The molecule has 1 saturated carbocycles. The highest BCUT2D eigenvalue weighted by atomic mass is 32.2. The van der Waals surface area contributed by atoms with E-state index in [9.17, 15) is 9.59 Å². The number of aromatic nitrogens is 3. The normalized spacial score (nSPS) is 17.7. The number of amides is 2. The number of nitrogens with one attached hydrogen (secondary N) is 1. The zero-order chi connectivity index (χ0) is 38.7. The van der Waals surface area contributed by atoms with E-state index in [1.54, 1.807) is 13.3 Å². The van der Waals surface area contributed by atoms with E-state index in [1.807, 2.05) is 15.6 Å². The Morgan fingerprint density at radius 3 is 2.44 bits per heavy atom. The highest BCUT2D eigenvalue weighted by Gasteiger charge is 2.34. The molecule has 2 aromatic heterocycles. The van der Waals surface area contributed by atoms with Crippen LogP contribution in [0.3, 0.4) is 0 Å². The molecule has 3 aliphatic rings. The molecule has 0 radical (unpaired) electrons. The van der Waals surface area contributed by atoms with Gasteiger partial charge in [0.1, 0.15) is 5.75 Å². The Morgan fingerprint density at radius 1 is 1.02 bits per heavy atom. The maximum absolute atomic E-state index is 14.5. The molecule has 2 aliphatic heterocycles. The third kappa shape index (κ3) is 7.58. The number of allylic oxidation sites excluding steroid dienone is 1. The van der Waals surface area contributed by atoms with Crippen LogP contribution in [0, 0.1) is 12.8 Å². The summed E-state index contributed by atoms with van der Waals surface area (Å²) in [5.74, 6) is 1.15. The first-order valence-corrected chi connectivity index (χ1v) is 20.4. The first kappa shape index (κ1) is 39.2. The number of carbonyl (C=O) groups excluding carboxylic acids is 2. The molecule has 2 aromatic carbocycles. The van der Waals surface area contributed by atoms with E-state index >= 15 is 0 Å². The molecule has 1 saturated heterocycles. The molecule has 9 nitrogen and oxygen atoms in total. The lowest BCUT2D eigenvalue weighted by Gasteiger charge is -2.39. The van der Waals surface area contributed by atoms with E-state index in [0.717, 1.165) is 59.6 Å². The molecule has 4 heterocycles. The van der Waals surface area contributed by atoms with Crippen LogP contribution in [0.1, 0.15) is 123 Å². The fourth-order valence-electron chi connectivity index (χ4n) is 8.61. The van der Waals surface area contributed by atoms with E-state index in [-0.39, 0.29) is 23.1 Å². The number of benzene rings is 2. The Morgan fingerprint density at radius 2 is 1.78 bits per heavy atom. The number of fused-ring (bicyclic) bond motifs is 5. The number of methoxy groups -OCH3 is 1. The van der Waals surface area contributed by atoms with Crippen LogP contribution in [0.25, 0.3) is 33.8 Å². The third-order valence-electron chi connectivity index (χ3n) is 11.2. The van der Waals surface area contributed by atoms with Crippen molar-refractivity contribution < 1.29 is 14.3 Å². The SMILES string of the molecule is C#C.CCN1CCN(C(=O)c2cnn(C(C)C)c2C2=Cc3cc(OC)ccc3-c3c(C4CCCCC4)c4ccc(C(=O)NSC(C)C)cc4n3C2)CC1C. The Balaban J connectivity index is 0.00000245. The minimum atomic E-state index is -0.0898. The lowest BCUT2D eigenvalue weighted by atomic mass is 9.81. The van der Waals surface area contributed by atoms with E-state index in [0.29, 0.717) is 42.7 Å².